The van der Waals surface area contributed by atoms with Gasteiger partial charge in [-0.25, -0.2) is 4.98 Å². The van der Waals surface area contributed by atoms with Gasteiger partial charge in [0.15, 0.2) is 0 Å². The minimum absolute atomic E-state index is 0.123. The molecule has 0 saturated carbocycles. The lowest BCUT2D eigenvalue weighted by atomic mass is 10.1. The molecule has 0 aliphatic carbocycles. The Morgan fingerprint density at radius 1 is 1.35 bits per heavy atom. The number of amides is 1. The summed E-state index contributed by atoms with van der Waals surface area (Å²) < 4.78 is 11.2. The molecule has 0 radical (unpaired) electrons. The molecule has 20 heavy (non-hydrogen) atoms. The van der Waals surface area contributed by atoms with E-state index in [-0.39, 0.29) is 17.9 Å². The predicted octanol–water partition coefficient (Wildman–Crippen LogP) is 1.74. The van der Waals surface area contributed by atoms with Crippen LogP contribution < -0.4 is 10.6 Å². The molecule has 2 unspecified atom stereocenters. The van der Waals surface area contributed by atoms with Crippen LogP contribution in [0.25, 0.3) is 0 Å². The summed E-state index contributed by atoms with van der Waals surface area (Å²) in [4.78, 5) is 16.6. The maximum absolute atomic E-state index is 12.2. The first-order valence-electron chi connectivity index (χ1n) is 6.64. The van der Waals surface area contributed by atoms with Gasteiger partial charge in [0.25, 0.3) is 5.91 Å². The summed E-state index contributed by atoms with van der Waals surface area (Å²) in [6, 6.07) is 3.40. The summed E-state index contributed by atoms with van der Waals surface area (Å²) in [6.07, 6.45) is 1.63. The summed E-state index contributed by atoms with van der Waals surface area (Å²) in [7, 11) is 0.849. The van der Waals surface area contributed by atoms with Crippen molar-refractivity contribution in [3.8, 4) is 0 Å². The van der Waals surface area contributed by atoms with E-state index in [0.717, 1.165) is 5.69 Å². The Labute approximate surface area is 123 Å². The molecule has 0 spiro atoms. The van der Waals surface area contributed by atoms with E-state index >= 15 is 0 Å². The van der Waals surface area contributed by atoms with Crippen LogP contribution >= 0.6 is 0 Å². The van der Waals surface area contributed by atoms with E-state index in [1.165, 1.54) is 0 Å². The highest BCUT2D eigenvalue weighted by molar-refractivity contribution is 7.84. The molecule has 0 aliphatic rings. The average molecular weight is 297 g/mol. The Morgan fingerprint density at radius 2 is 2.00 bits per heavy atom. The van der Waals surface area contributed by atoms with Crippen molar-refractivity contribution in [2.75, 3.05) is 24.4 Å². The van der Waals surface area contributed by atoms with Crippen molar-refractivity contribution in [1.29, 1.82) is 0 Å². The summed E-state index contributed by atoms with van der Waals surface area (Å²) in [5, 5.41) is 5.82. The molecule has 0 saturated heterocycles. The fraction of sp³-hybridized carbons (Fsp3) is 0.571. The molecule has 1 rings (SSSR count). The Kier molecular flexibility index (Phi) is 6.13. The lowest BCUT2D eigenvalue weighted by Gasteiger charge is -2.14. The van der Waals surface area contributed by atoms with Crippen molar-refractivity contribution in [3.63, 3.8) is 0 Å². The second-order valence-electron chi connectivity index (χ2n) is 5.18. The van der Waals surface area contributed by atoms with Gasteiger partial charge in [-0.1, -0.05) is 13.8 Å². The van der Waals surface area contributed by atoms with E-state index in [2.05, 4.69) is 15.6 Å². The highest BCUT2D eigenvalue weighted by Crippen LogP contribution is 2.17. The molecule has 112 valence electrons. The van der Waals surface area contributed by atoms with Crippen molar-refractivity contribution < 1.29 is 9.00 Å². The number of anilines is 1. The Hall–Kier alpha value is -1.43. The van der Waals surface area contributed by atoms with Gasteiger partial charge in [-0.3, -0.25) is 9.00 Å². The van der Waals surface area contributed by atoms with Crippen molar-refractivity contribution in [3.05, 3.63) is 23.4 Å². The Balaban J connectivity index is 2.91. The number of carbonyl (C=O) groups excluding carboxylic acids is 1. The maximum atomic E-state index is 12.2. The van der Waals surface area contributed by atoms with E-state index in [9.17, 15) is 9.00 Å². The molecule has 1 amide bonds. The average Bonchev–Trinajstić information content (AvgIpc) is 2.36. The fourth-order valence-electron chi connectivity index (χ4n) is 1.81. The minimum Gasteiger partial charge on any atom is -0.373 e. The second-order valence-corrected chi connectivity index (χ2v) is 6.66. The van der Waals surface area contributed by atoms with Gasteiger partial charge in [-0.05, 0) is 25.0 Å². The lowest BCUT2D eigenvalue weighted by molar-refractivity contribution is 0.0943. The molecule has 2 atom stereocenters. The summed E-state index contributed by atoms with van der Waals surface area (Å²) in [5.74, 6) is 1.21. The zero-order chi connectivity index (χ0) is 15.3. The molecule has 6 heteroatoms. The first kappa shape index (κ1) is 16.6. The first-order chi connectivity index (χ1) is 9.33. The topological polar surface area (TPSA) is 71.1 Å². The normalized spacial score (nSPS) is 13.9. The van der Waals surface area contributed by atoms with Gasteiger partial charge < -0.3 is 10.6 Å². The van der Waals surface area contributed by atoms with E-state index in [4.69, 9.17) is 0 Å². The lowest BCUT2D eigenvalue weighted by Crippen LogP contribution is -2.36. The van der Waals surface area contributed by atoms with Crippen LogP contribution in [0.1, 0.15) is 42.7 Å². The third kappa shape index (κ3) is 4.92. The highest BCUT2D eigenvalue weighted by Gasteiger charge is 2.14. The zero-order valence-electron chi connectivity index (χ0n) is 12.7. The number of rotatable bonds is 6. The van der Waals surface area contributed by atoms with Crippen LogP contribution in [-0.4, -0.2) is 40.2 Å². The van der Waals surface area contributed by atoms with Gasteiger partial charge in [-0.15, -0.1) is 0 Å². The maximum Gasteiger partial charge on any atom is 0.251 e. The van der Waals surface area contributed by atoms with Crippen molar-refractivity contribution in [2.24, 2.45) is 0 Å². The van der Waals surface area contributed by atoms with Crippen LogP contribution in [0.15, 0.2) is 12.1 Å². The van der Waals surface area contributed by atoms with Crippen LogP contribution in [0.4, 0.5) is 5.82 Å². The summed E-state index contributed by atoms with van der Waals surface area (Å²) in [6.45, 7) is 5.92. The SMILES string of the molecule is CNc1cc(C(=O)NC(C)CS(C)=O)cc(C(C)C)n1. The Bertz CT molecular complexity index is 503. The molecule has 1 aromatic rings. The quantitative estimate of drug-likeness (QED) is 0.839. The fourth-order valence-corrected chi connectivity index (χ4v) is 2.60. The molecule has 2 N–H and O–H groups in total. The number of nitrogens with one attached hydrogen (secondary N) is 2. The largest absolute Gasteiger partial charge is 0.373 e. The molecule has 1 heterocycles. The summed E-state index contributed by atoms with van der Waals surface area (Å²) >= 11 is 0. The predicted molar refractivity (Wildman–Crippen MR) is 83.7 cm³/mol. The van der Waals surface area contributed by atoms with E-state index in [0.29, 0.717) is 17.1 Å². The van der Waals surface area contributed by atoms with Crippen LogP contribution in [0.2, 0.25) is 0 Å². The molecule has 0 fully saturated rings. The van der Waals surface area contributed by atoms with Crippen molar-refractivity contribution >= 4 is 22.5 Å². The number of hydrogen-bond acceptors (Lipinski definition) is 4. The standard InChI is InChI=1S/C14H23N3O2S/c1-9(2)12-6-11(7-13(15-4)17-12)14(18)16-10(3)8-20(5)19/h6-7,9-10H,8H2,1-5H3,(H,15,17)(H,16,18). The first-order valence-corrected chi connectivity index (χ1v) is 8.36. The number of nitrogens with zero attached hydrogens (tertiary/aromatic N) is 1. The van der Waals surface area contributed by atoms with Crippen LogP contribution in [0.5, 0.6) is 0 Å². The van der Waals surface area contributed by atoms with Crippen LogP contribution in [0, 0.1) is 0 Å². The molecule has 0 aliphatic heterocycles. The van der Waals surface area contributed by atoms with E-state index < -0.39 is 10.8 Å². The van der Waals surface area contributed by atoms with Gasteiger partial charge in [0.1, 0.15) is 5.82 Å². The zero-order valence-corrected chi connectivity index (χ0v) is 13.5. The van der Waals surface area contributed by atoms with E-state index in [1.807, 2.05) is 20.8 Å². The van der Waals surface area contributed by atoms with Gasteiger partial charge in [0.2, 0.25) is 0 Å². The van der Waals surface area contributed by atoms with Gasteiger partial charge >= 0.3 is 0 Å². The molecule has 1 aromatic heterocycles. The summed E-state index contributed by atoms with van der Waals surface area (Å²) in [5.41, 5.74) is 1.44. The molecular weight excluding hydrogens is 274 g/mol. The molecule has 0 aromatic carbocycles. The second kappa shape index (κ2) is 7.38. The van der Waals surface area contributed by atoms with Crippen molar-refractivity contribution in [1.82, 2.24) is 10.3 Å². The van der Waals surface area contributed by atoms with Gasteiger partial charge in [-0.2, -0.15) is 0 Å². The number of carbonyl (C=O) groups is 1. The monoisotopic (exact) mass is 297 g/mol. The minimum atomic E-state index is -0.926. The smallest absolute Gasteiger partial charge is 0.251 e. The number of hydrogen-bond donors (Lipinski definition) is 2. The number of aromatic nitrogens is 1. The highest BCUT2D eigenvalue weighted by atomic mass is 32.2. The molecule has 0 bridgehead atoms. The van der Waals surface area contributed by atoms with Crippen LogP contribution in [-0.2, 0) is 10.8 Å². The molecule has 5 nitrogen and oxygen atoms in total. The van der Waals surface area contributed by atoms with Gasteiger partial charge in [0, 0.05) is 47.2 Å². The third-order valence-corrected chi connectivity index (χ3v) is 3.79. The molecular formula is C14H23N3O2S. The van der Waals surface area contributed by atoms with Crippen LogP contribution in [0.3, 0.4) is 0 Å². The van der Waals surface area contributed by atoms with Crippen molar-refractivity contribution in [2.45, 2.75) is 32.7 Å². The Morgan fingerprint density at radius 3 is 2.50 bits per heavy atom. The van der Waals surface area contributed by atoms with Gasteiger partial charge in [0.05, 0.1) is 0 Å². The number of pyridine rings is 1. The third-order valence-electron chi connectivity index (χ3n) is 2.82. The van der Waals surface area contributed by atoms with E-state index in [1.54, 1.807) is 25.4 Å².